The third kappa shape index (κ3) is 2.61. The van der Waals surface area contributed by atoms with Crippen molar-refractivity contribution >= 4 is 17.1 Å². The maximum Gasteiger partial charge on any atom is 0.416 e. The van der Waals surface area contributed by atoms with E-state index in [0.717, 1.165) is 17.0 Å². The topological polar surface area (TPSA) is 17.1 Å². The molecule has 0 saturated carbocycles. The first-order valence-corrected chi connectivity index (χ1v) is 6.03. The maximum atomic E-state index is 12.5. The van der Waals surface area contributed by atoms with Gasteiger partial charge in [0.05, 0.1) is 5.56 Å². The standard InChI is InChI=1S/C13H9F3OS/c1-8-5-10(7-18-8)12(17)9-3-2-4-11(6-9)13(14,15)16/h2-7H,1H3. The van der Waals surface area contributed by atoms with Crippen LogP contribution < -0.4 is 0 Å². The number of halogens is 3. The lowest BCUT2D eigenvalue weighted by molar-refractivity contribution is -0.137. The van der Waals surface area contributed by atoms with Crippen molar-refractivity contribution in [1.29, 1.82) is 0 Å². The molecule has 0 bridgehead atoms. The van der Waals surface area contributed by atoms with E-state index in [1.54, 1.807) is 11.4 Å². The predicted molar refractivity (Wildman–Crippen MR) is 63.9 cm³/mol. The Balaban J connectivity index is 2.37. The molecule has 2 aromatic rings. The summed E-state index contributed by atoms with van der Waals surface area (Å²) in [5, 5.41) is 1.65. The summed E-state index contributed by atoms with van der Waals surface area (Å²) in [6, 6.07) is 6.15. The highest BCUT2D eigenvalue weighted by atomic mass is 32.1. The minimum atomic E-state index is -4.43. The highest BCUT2D eigenvalue weighted by Gasteiger charge is 2.30. The summed E-state index contributed by atoms with van der Waals surface area (Å²) >= 11 is 1.39. The number of benzene rings is 1. The fourth-order valence-corrected chi connectivity index (χ4v) is 2.25. The average molecular weight is 270 g/mol. The number of aryl methyl sites for hydroxylation is 1. The monoisotopic (exact) mass is 270 g/mol. The lowest BCUT2D eigenvalue weighted by Crippen LogP contribution is -2.07. The molecule has 0 N–H and O–H groups in total. The third-order valence-corrected chi connectivity index (χ3v) is 3.31. The van der Waals surface area contributed by atoms with E-state index in [9.17, 15) is 18.0 Å². The van der Waals surface area contributed by atoms with Crippen LogP contribution in [0, 0.1) is 6.92 Å². The largest absolute Gasteiger partial charge is 0.416 e. The number of carbonyl (C=O) groups is 1. The first-order chi connectivity index (χ1) is 8.38. The summed E-state index contributed by atoms with van der Waals surface area (Å²) in [6.45, 7) is 1.84. The smallest absolute Gasteiger partial charge is 0.289 e. The van der Waals surface area contributed by atoms with E-state index >= 15 is 0 Å². The predicted octanol–water partition coefficient (Wildman–Crippen LogP) is 4.31. The van der Waals surface area contributed by atoms with Crippen molar-refractivity contribution in [2.75, 3.05) is 0 Å². The number of thiophene rings is 1. The fourth-order valence-electron chi connectivity index (χ4n) is 1.57. The van der Waals surface area contributed by atoms with Crippen LogP contribution in [-0.4, -0.2) is 5.78 Å². The number of hydrogen-bond donors (Lipinski definition) is 0. The Bertz CT molecular complexity index is 584. The molecule has 2 rings (SSSR count). The van der Waals surface area contributed by atoms with E-state index in [2.05, 4.69) is 0 Å². The van der Waals surface area contributed by atoms with Gasteiger partial charge < -0.3 is 0 Å². The quantitative estimate of drug-likeness (QED) is 0.743. The highest BCUT2D eigenvalue weighted by molar-refractivity contribution is 7.10. The second-order valence-electron chi connectivity index (χ2n) is 3.85. The molecule has 0 saturated heterocycles. The zero-order chi connectivity index (χ0) is 13.3. The molecule has 1 aromatic carbocycles. The van der Waals surface area contributed by atoms with Gasteiger partial charge in [0.2, 0.25) is 0 Å². The Hall–Kier alpha value is -1.62. The molecule has 0 unspecified atom stereocenters. The third-order valence-electron chi connectivity index (χ3n) is 2.44. The van der Waals surface area contributed by atoms with Crippen LogP contribution >= 0.6 is 11.3 Å². The zero-order valence-corrected chi connectivity index (χ0v) is 10.2. The molecule has 94 valence electrons. The fraction of sp³-hybridized carbons (Fsp3) is 0.154. The van der Waals surface area contributed by atoms with Crippen molar-refractivity contribution < 1.29 is 18.0 Å². The van der Waals surface area contributed by atoms with Crippen LogP contribution in [0.3, 0.4) is 0 Å². The molecule has 0 atom stereocenters. The van der Waals surface area contributed by atoms with E-state index in [-0.39, 0.29) is 11.3 Å². The average Bonchev–Trinajstić information content (AvgIpc) is 2.74. The first-order valence-electron chi connectivity index (χ1n) is 5.15. The molecule has 0 radical (unpaired) electrons. The van der Waals surface area contributed by atoms with Crippen LogP contribution in [0.25, 0.3) is 0 Å². The molecule has 5 heteroatoms. The van der Waals surface area contributed by atoms with Crippen LogP contribution in [-0.2, 0) is 6.18 Å². The Labute approximate surface area is 106 Å². The molecule has 0 aliphatic heterocycles. The summed E-state index contributed by atoms with van der Waals surface area (Å²) in [4.78, 5) is 12.9. The number of carbonyl (C=O) groups excluding carboxylic acids is 1. The SMILES string of the molecule is Cc1cc(C(=O)c2cccc(C(F)(F)F)c2)cs1. The summed E-state index contributed by atoms with van der Waals surface area (Å²) in [5.41, 5.74) is -0.320. The molecule has 0 aliphatic carbocycles. The van der Waals surface area contributed by atoms with Gasteiger partial charge in [-0.2, -0.15) is 13.2 Å². The summed E-state index contributed by atoms with van der Waals surface area (Å²) in [5.74, 6) is -0.384. The van der Waals surface area contributed by atoms with Gasteiger partial charge in [-0.1, -0.05) is 12.1 Å². The van der Waals surface area contributed by atoms with Crippen molar-refractivity contribution in [3.8, 4) is 0 Å². The minimum Gasteiger partial charge on any atom is -0.289 e. The first kappa shape index (κ1) is 12.8. The second-order valence-corrected chi connectivity index (χ2v) is 4.97. The van der Waals surface area contributed by atoms with E-state index < -0.39 is 11.7 Å². The Kier molecular flexibility index (Phi) is 3.26. The molecule has 1 nitrogen and oxygen atoms in total. The van der Waals surface area contributed by atoms with Gasteiger partial charge in [-0.3, -0.25) is 4.79 Å². The van der Waals surface area contributed by atoms with E-state index in [0.29, 0.717) is 5.56 Å². The van der Waals surface area contributed by atoms with Crippen molar-refractivity contribution in [2.24, 2.45) is 0 Å². The van der Waals surface area contributed by atoms with Gasteiger partial charge in [-0.25, -0.2) is 0 Å². The van der Waals surface area contributed by atoms with Gasteiger partial charge in [0.15, 0.2) is 5.78 Å². The summed E-state index contributed by atoms with van der Waals surface area (Å²) < 4.78 is 37.6. The highest BCUT2D eigenvalue weighted by Crippen LogP contribution is 2.30. The van der Waals surface area contributed by atoms with Crippen molar-refractivity contribution in [1.82, 2.24) is 0 Å². The van der Waals surface area contributed by atoms with Crippen LogP contribution in [0.1, 0.15) is 26.4 Å². The Morgan fingerprint density at radius 1 is 1.17 bits per heavy atom. The second kappa shape index (κ2) is 4.57. The Morgan fingerprint density at radius 3 is 2.44 bits per heavy atom. The molecular weight excluding hydrogens is 261 g/mol. The lowest BCUT2D eigenvalue weighted by Gasteiger charge is -2.07. The molecule has 0 spiro atoms. The molecule has 18 heavy (non-hydrogen) atoms. The maximum absolute atomic E-state index is 12.5. The summed E-state index contributed by atoms with van der Waals surface area (Å²) in [7, 11) is 0. The molecule has 0 fully saturated rings. The van der Waals surface area contributed by atoms with Gasteiger partial charge in [-0.05, 0) is 25.1 Å². The zero-order valence-electron chi connectivity index (χ0n) is 9.41. The number of hydrogen-bond acceptors (Lipinski definition) is 2. The van der Waals surface area contributed by atoms with Gasteiger partial charge in [-0.15, -0.1) is 11.3 Å². The number of alkyl halides is 3. The van der Waals surface area contributed by atoms with E-state index in [4.69, 9.17) is 0 Å². The molecule has 0 aliphatic rings. The van der Waals surface area contributed by atoms with Crippen molar-refractivity contribution in [3.05, 3.63) is 57.3 Å². The van der Waals surface area contributed by atoms with Gasteiger partial charge in [0, 0.05) is 21.4 Å². The van der Waals surface area contributed by atoms with Gasteiger partial charge >= 0.3 is 6.18 Å². The number of ketones is 1. The van der Waals surface area contributed by atoms with E-state index in [1.165, 1.54) is 23.5 Å². The molecular formula is C13H9F3OS. The van der Waals surface area contributed by atoms with Crippen LogP contribution in [0.2, 0.25) is 0 Å². The van der Waals surface area contributed by atoms with E-state index in [1.807, 2.05) is 6.92 Å². The molecule has 0 amide bonds. The Morgan fingerprint density at radius 2 is 1.89 bits per heavy atom. The van der Waals surface area contributed by atoms with Crippen LogP contribution in [0.15, 0.2) is 35.7 Å². The molecule has 1 aromatic heterocycles. The number of rotatable bonds is 2. The van der Waals surface area contributed by atoms with Gasteiger partial charge in [0.1, 0.15) is 0 Å². The van der Waals surface area contributed by atoms with Crippen LogP contribution in [0.5, 0.6) is 0 Å². The minimum absolute atomic E-state index is 0.0580. The van der Waals surface area contributed by atoms with Crippen molar-refractivity contribution in [2.45, 2.75) is 13.1 Å². The van der Waals surface area contributed by atoms with Crippen molar-refractivity contribution in [3.63, 3.8) is 0 Å². The molecule has 1 heterocycles. The summed E-state index contributed by atoms with van der Waals surface area (Å²) in [6.07, 6.45) is -4.43. The van der Waals surface area contributed by atoms with Gasteiger partial charge in [0.25, 0.3) is 0 Å². The lowest BCUT2D eigenvalue weighted by atomic mass is 10.0. The normalized spacial score (nSPS) is 11.6. The van der Waals surface area contributed by atoms with Crippen LogP contribution in [0.4, 0.5) is 13.2 Å².